The van der Waals surface area contributed by atoms with Gasteiger partial charge in [-0.3, -0.25) is 29.4 Å². The Morgan fingerprint density at radius 2 is 1.64 bits per heavy atom. The van der Waals surface area contributed by atoms with E-state index in [1.807, 2.05) is 5.43 Å². The molecule has 240 valence electrons. The normalized spacial score (nSPS) is 11.4. The van der Waals surface area contributed by atoms with Crippen LogP contribution in [0.4, 0.5) is 33.3 Å². The van der Waals surface area contributed by atoms with E-state index in [-0.39, 0.29) is 28.6 Å². The van der Waals surface area contributed by atoms with Crippen LogP contribution in [0.15, 0.2) is 41.3 Å². The monoisotopic (exact) mass is 659 g/mol. The number of nitrogens with two attached hydrogens (primary N) is 1. The lowest BCUT2D eigenvalue weighted by molar-refractivity contribution is -0.154. The van der Waals surface area contributed by atoms with Crippen molar-refractivity contribution < 1.29 is 50.6 Å². The van der Waals surface area contributed by atoms with Gasteiger partial charge >= 0.3 is 5.97 Å². The highest BCUT2D eigenvalue weighted by atomic mass is 35.5. The number of nitrogen functional groups attached to an aromatic ring is 1. The number of aromatic nitrogens is 1. The van der Waals surface area contributed by atoms with Crippen LogP contribution in [0.25, 0.3) is 0 Å². The summed E-state index contributed by atoms with van der Waals surface area (Å²) in [5.74, 6) is -17.9. The molecule has 3 amide bonds. The first-order valence-electron chi connectivity index (χ1n) is 12.7. The summed E-state index contributed by atoms with van der Waals surface area (Å²) in [6.07, 6.45) is 1.17. The number of hydrogen-bond acceptors (Lipinski definition) is 8. The molecule has 1 atom stereocenters. The fourth-order valence-electron chi connectivity index (χ4n) is 3.57. The SMILES string of the molecule is CCOC(=O)CN(NC(=O)C(C)n1cccc(NC(=O)c2ccc(N)c(Cl)c2)c1=O)C(=O)COc1c(F)c(F)c(F)c(F)c1F. The van der Waals surface area contributed by atoms with Crippen molar-refractivity contribution in [2.45, 2.75) is 19.9 Å². The van der Waals surface area contributed by atoms with Gasteiger partial charge in [0, 0.05) is 11.8 Å². The summed E-state index contributed by atoms with van der Waals surface area (Å²) < 4.78 is 78.3. The highest BCUT2D eigenvalue weighted by Gasteiger charge is 2.30. The van der Waals surface area contributed by atoms with Gasteiger partial charge in [-0.05, 0) is 44.2 Å². The maximum Gasteiger partial charge on any atom is 0.327 e. The number of rotatable bonds is 10. The van der Waals surface area contributed by atoms with Crippen molar-refractivity contribution in [1.82, 2.24) is 15.0 Å². The maximum absolute atomic E-state index is 14.0. The molecule has 2 aromatic carbocycles. The number of esters is 1. The van der Waals surface area contributed by atoms with E-state index < -0.39 is 83.3 Å². The van der Waals surface area contributed by atoms with Gasteiger partial charge in [0.1, 0.15) is 18.3 Å². The number of hydrogen-bond donors (Lipinski definition) is 3. The topological polar surface area (TPSA) is 162 Å². The number of ether oxygens (including phenoxy) is 2. The number of amides is 3. The van der Waals surface area contributed by atoms with Crippen LogP contribution in [0.3, 0.4) is 0 Å². The van der Waals surface area contributed by atoms with E-state index in [9.17, 15) is 45.9 Å². The van der Waals surface area contributed by atoms with Gasteiger partial charge in [-0.1, -0.05) is 11.6 Å². The first-order valence-corrected chi connectivity index (χ1v) is 13.0. The highest BCUT2D eigenvalue weighted by molar-refractivity contribution is 6.33. The molecule has 4 N–H and O–H groups in total. The third kappa shape index (κ3) is 7.86. The minimum atomic E-state index is -2.46. The Kier molecular flexibility index (Phi) is 11.1. The van der Waals surface area contributed by atoms with Crippen LogP contribution in [0.5, 0.6) is 5.75 Å². The Balaban J connectivity index is 1.80. The molecular formula is C27H23ClF5N5O7. The quantitative estimate of drug-likeness (QED) is 0.0747. The lowest BCUT2D eigenvalue weighted by atomic mass is 10.2. The average molecular weight is 660 g/mol. The number of pyridine rings is 1. The number of carbonyl (C=O) groups is 4. The molecule has 1 aromatic heterocycles. The van der Waals surface area contributed by atoms with Crippen molar-refractivity contribution >= 4 is 46.7 Å². The van der Waals surface area contributed by atoms with E-state index in [1.54, 1.807) is 0 Å². The third-order valence-corrected chi connectivity index (χ3v) is 6.26. The molecule has 18 heteroatoms. The van der Waals surface area contributed by atoms with Crippen molar-refractivity contribution in [3.63, 3.8) is 0 Å². The predicted octanol–water partition coefficient (Wildman–Crippen LogP) is 3.09. The highest BCUT2D eigenvalue weighted by Crippen LogP contribution is 2.29. The zero-order chi connectivity index (χ0) is 33.6. The minimum Gasteiger partial charge on any atom is -0.477 e. The van der Waals surface area contributed by atoms with Crippen molar-refractivity contribution in [2.24, 2.45) is 0 Å². The Morgan fingerprint density at radius 3 is 2.24 bits per heavy atom. The van der Waals surface area contributed by atoms with Gasteiger partial charge in [-0.15, -0.1) is 0 Å². The molecule has 1 heterocycles. The second-order valence-electron chi connectivity index (χ2n) is 8.95. The molecular weight excluding hydrogens is 637 g/mol. The van der Waals surface area contributed by atoms with Crippen molar-refractivity contribution in [3.05, 3.63) is 86.6 Å². The molecule has 1 unspecified atom stereocenters. The average Bonchev–Trinajstić information content (AvgIpc) is 3.00. The van der Waals surface area contributed by atoms with Gasteiger partial charge in [-0.25, -0.2) is 18.2 Å². The van der Waals surface area contributed by atoms with Gasteiger partial charge in [-0.2, -0.15) is 8.78 Å². The summed E-state index contributed by atoms with van der Waals surface area (Å²) in [4.78, 5) is 63.6. The summed E-state index contributed by atoms with van der Waals surface area (Å²) in [6, 6.07) is 5.15. The number of nitrogens with zero attached hydrogens (tertiary/aromatic N) is 2. The van der Waals surface area contributed by atoms with Crippen molar-refractivity contribution in [1.29, 1.82) is 0 Å². The van der Waals surface area contributed by atoms with Crippen LogP contribution in [-0.4, -0.2) is 53.0 Å². The molecule has 0 fully saturated rings. The fraction of sp³-hybridized carbons (Fsp3) is 0.222. The smallest absolute Gasteiger partial charge is 0.327 e. The lowest BCUT2D eigenvalue weighted by Crippen LogP contribution is -2.52. The molecule has 0 bridgehead atoms. The summed E-state index contributed by atoms with van der Waals surface area (Å²) in [5.41, 5.74) is 6.81. The Bertz CT molecular complexity index is 1690. The molecule has 0 aliphatic carbocycles. The number of carbonyl (C=O) groups excluding carboxylic acids is 4. The molecule has 3 rings (SSSR count). The second-order valence-corrected chi connectivity index (χ2v) is 9.36. The Hall–Kier alpha value is -5.19. The predicted molar refractivity (Wildman–Crippen MR) is 147 cm³/mol. The van der Waals surface area contributed by atoms with Gasteiger partial charge in [0.05, 0.1) is 17.3 Å². The molecule has 0 saturated carbocycles. The van der Waals surface area contributed by atoms with Gasteiger partial charge < -0.3 is 25.1 Å². The number of halogens is 6. The second kappa shape index (κ2) is 14.5. The summed E-state index contributed by atoms with van der Waals surface area (Å²) >= 11 is 5.93. The number of nitrogens with one attached hydrogen (secondary N) is 2. The summed E-state index contributed by atoms with van der Waals surface area (Å²) in [5, 5.41) is 2.77. The molecule has 3 aromatic rings. The van der Waals surface area contributed by atoms with Gasteiger partial charge in [0.2, 0.25) is 29.1 Å². The lowest BCUT2D eigenvalue weighted by Gasteiger charge is -2.25. The minimum absolute atomic E-state index is 0.0657. The van der Waals surface area contributed by atoms with E-state index >= 15 is 0 Å². The van der Waals surface area contributed by atoms with Crippen molar-refractivity contribution in [2.75, 3.05) is 30.8 Å². The molecule has 0 spiro atoms. The fourth-order valence-corrected chi connectivity index (χ4v) is 3.76. The maximum atomic E-state index is 14.0. The van der Waals surface area contributed by atoms with E-state index in [4.69, 9.17) is 22.1 Å². The summed E-state index contributed by atoms with van der Waals surface area (Å²) in [7, 11) is 0. The van der Waals surface area contributed by atoms with Gasteiger partial charge in [0.15, 0.2) is 12.4 Å². The van der Waals surface area contributed by atoms with Crippen LogP contribution in [-0.2, 0) is 19.1 Å². The van der Waals surface area contributed by atoms with Crippen LogP contribution < -0.4 is 26.8 Å². The zero-order valence-electron chi connectivity index (χ0n) is 23.3. The van der Waals surface area contributed by atoms with Crippen LogP contribution in [0, 0.1) is 29.1 Å². The third-order valence-electron chi connectivity index (χ3n) is 5.93. The standard InChI is InChI=1S/C27H23ClF5N5O7/c1-3-44-18(40)10-38(17(39)11-45-24-22(32)20(30)19(29)21(31)23(24)33)36-25(41)12(2)37-8-4-5-16(27(37)43)35-26(42)13-6-7-15(34)14(28)9-13/h4-9,12H,3,10-11,34H2,1-2H3,(H,35,42)(H,36,41). The number of anilines is 2. The molecule has 0 aliphatic rings. The summed E-state index contributed by atoms with van der Waals surface area (Å²) in [6.45, 7) is 0.0873. The van der Waals surface area contributed by atoms with Crippen LogP contribution in [0.1, 0.15) is 30.2 Å². The molecule has 0 aliphatic heterocycles. The Labute approximate surface area is 255 Å². The number of benzene rings is 2. The Morgan fingerprint density at radius 1 is 1.02 bits per heavy atom. The van der Waals surface area contributed by atoms with Crippen LogP contribution in [0.2, 0.25) is 5.02 Å². The van der Waals surface area contributed by atoms with E-state index in [0.29, 0.717) is 5.01 Å². The number of hydrazine groups is 1. The molecule has 12 nitrogen and oxygen atoms in total. The van der Waals surface area contributed by atoms with Crippen molar-refractivity contribution in [3.8, 4) is 5.75 Å². The van der Waals surface area contributed by atoms with E-state index in [2.05, 4.69) is 10.1 Å². The molecule has 0 radical (unpaired) electrons. The first-order chi connectivity index (χ1) is 21.2. The zero-order valence-corrected chi connectivity index (χ0v) is 24.0. The van der Waals surface area contributed by atoms with Gasteiger partial charge in [0.25, 0.3) is 23.3 Å². The largest absolute Gasteiger partial charge is 0.477 e. The van der Waals surface area contributed by atoms with Crippen LogP contribution >= 0.6 is 11.6 Å². The molecule has 45 heavy (non-hydrogen) atoms. The first kappa shape index (κ1) is 34.3. The van der Waals surface area contributed by atoms with E-state index in [1.165, 1.54) is 50.4 Å². The molecule has 0 saturated heterocycles. The van der Waals surface area contributed by atoms with E-state index in [0.717, 1.165) is 4.57 Å².